The van der Waals surface area contributed by atoms with E-state index in [4.69, 9.17) is 4.74 Å². The number of likely N-dealkylation sites (tertiary alicyclic amines) is 1. The molecule has 0 bridgehead atoms. The lowest BCUT2D eigenvalue weighted by molar-refractivity contribution is -0.139. The van der Waals surface area contributed by atoms with Gasteiger partial charge >= 0.3 is 0 Å². The van der Waals surface area contributed by atoms with E-state index in [2.05, 4.69) is 19.2 Å². The molecule has 1 aromatic rings. The molecule has 1 aliphatic heterocycles. The zero-order valence-corrected chi connectivity index (χ0v) is 14.5. The number of benzene rings is 1. The molecule has 0 spiro atoms. The highest BCUT2D eigenvalue weighted by Gasteiger charge is 2.30. The minimum Gasteiger partial charge on any atom is -0.484 e. The molecular formula is C19H26N2O3. The molecule has 5 heteroatoms. The summed E-state index contributed by atoms with van der Waals surface area (Å²) in [5, 5.41) is 2.90. The van der Waals surface area contributed by atoms with Crippen molar-refractivity contribution in [2.45, 2.75) is 58.0 Å². The summed E-state index contributed by atoms with van der Waals surface area (Å²) >= 11 is 0. The molecule has 1 heterocycles. The number of rotatable bonds is 5. The predicted octanol–water partition coefficient (Wildman–Crippen LogP) is 3.20. The van der Waals surface area contributed by atoms with E-state index in [9.17, 15) is 9.59 Å². The number of ether oxygens (including phenoxy) is 1. The Morgan fingerprint density at radius 1 is 1.17 bits per heavy atom. The van der Waals surface area contributed by atoms with Gasteiger partial charge in [0.2, 0.25) is 5.91 Å². The van der Waals surface area contributed by atoms with Crippen molar-refractivity contribution < 1.29 is 14.3 Å². The monoisotopic (exact) mass is 330 g/mol. The van der Waals surface area contributed by atoms with Crippen LogP contribution in [-0.4, -0.2) is 35.4 Å². The van der Waals surface area contributed by atoms with Crippen molar-refractivity contribution in [1.29, 1.82) is 0 Å². The fourth-order valence-electron chi connectivity index (χ4n) is 3.39. The summed E-state index contributed by atoms with van der Waals surface area (Å²) in [4.78, 5) is 26.2. The number of hydrogen-bond donors (Lipinski definition) is 1. The van der Waals surface area contributed by atoms with Crippen molar-refractivity contribution in [3.8, 4) is 5.75 Å². The van der Waals surface area contributed by atoms with Gasteiger partial charge in [-0.3, -0.25) is 9.59 Å². The minimum absolute atomic E-state index is 0.0297. The standard InChI is InChI=1S/C19H26N2O3/c1-13-5-3-6-14(2)21(13)18(22)12-24-17-8-4-7-16(11-17)20-19(23)15-9-10-15/h4,7-8,11,13-15H,3,5-6,9-10,12H2,1-2H3,(H,20,23)/t13-,14-/m1/s1. The molecule has 3 rings (SSSR count). The summed E-state index contributed by atoms with van der Waals surface area (Å²) < 4.78 is 5.67. The lowest BCUT2D eigenvalue weighted by atomic mass is 9.97. The lowest BCUT2D eigenvalue weighted by Gasteiger charge is -2.38. The van der Waals surface area contributed by atoms with Crippen LogP contribution in [0.5, 0.6) is 5.75 Å². The number of piperidine rings is 1. The van der Waals surface area contributed by atoms with E-state index >= 15 is 0 Å². The zero-order valence-electron chi connectivity index (χ0n) is 14.5. The maximum atomic E-state index is 12.5. The molecule has 2 fully saturated rings. The molecule has 2 amide bonds. The van der Waals surface area contributed by atoms with Crippen LogP contribution in [0.4, 0.5) is 5.69 Å². The third kappa shape index (κ3) is 4.08. The quantitative estimate of drug-likeness (QED) is 0.902. The molecule has 24 heavy (non-hydrogen) atoms. The van der Waals surface area contributed by atoms with Crippen LogP contribution >= 0.6 is 0 Å². The number of hydrogen-bond acceptors (Lipinski definition) is 3. The Morgan fingerprint density at radius 2 is 1.88 bits per heavy atom. The van der Waals surface area contributed by atoms with Crippen LogP contribution in [0.2, 0.25) is 0 Å². The first-order chi connectivity index (χ1) is 11.5. The molecule has 2 atom stereocenters. The second-order valence-corrected chi connectivity index (χ2v) is 7.01. The molecule has 1 N–H and O–H groups in total. The van der Waals surface area contributed by atoms with E-state index in [0.717, 1.165) is 31.4 Å². The molecule has 130 valence electrons. The van der Waals surface area contributed by atoms with Crippen molar-refractivity contribution in [3.05, 3.63) is 24.3 Å². The summed E-state index contributed by atoms with van der Waals surface area (Å²) in [5.41, 5.74) is 0.719. The fourth-order valence-corrected chi connectivity index (χ4v) is 3.39. The highest BCUT2D eigenvalue weighted by atomic mass is 16.5. The largest absolute Gasteiger partial charge is 0.484 e. The van der Waals surface area contributed by atoms with Gasteiger partial charge in [0.05, 0.1) is 0 Å². The highest BCUT2D eigenvalue weighted by molar-refractivity contribution is 5.94. The van der Waals surface area contributed by atoms with Gasteiger partial charge in [0.15, 0.2) is 6.61 Å². The second kappa shape index (κ2) is 7.24. The third-order valence-corrected chi connectivity index (χ3v) is 4.89. The van der Waals surface area contributed by atoms with Crippen LogP contribution < -0.4 is 10.1 Å². The van der Waals surface area contributed by atoms with Crippen molar-refractivity contribution in [2.75, 3.05) is 11.9 Å². The van der Waals surface area contributed by atoms with Gasteiger partial charge in [0.1, 0.15) is 5.75 Å². The Bertz CT molecular complexity index is 602. The van der Waals surface area contributed by atoms with Crippen LogP contribution in [0.1, 0.15) is 46.0 Å². The van der Waals surface area contributed by atoms with Gasteiger partial charge in [-0.25, -0.2) is 0 Å². The van der Waals surface area contributed by atoms with E-state index in [-0.39, 0.29) is 36.4 Å². The summed E-state index contributed by atoms with van der Waals surface area (Å²) in [6.45, 7) is 4.23. The molecule has 0 unspecified atom stereocenters. The summed E-state index contributed by atoms with van der Waals surface area (Å²) in [6, 6.07) is 7.79. The Hall–Kier alpha value is -2.04. The Labute approximate surface area is 143 Å². The molecule has 1 saturated carbocycles. The van der Waals surface area contributed by atoms with Gasteiger partial charge in [0, 0.05) is 29.8 Å². The van der Waals surface area contributed by atoms with Crippen LogP contribution in [0, 0.1) is 5.92 Å². The van der Waals surface area contributed by atoms with Gasteiger partial charge in [-0.1, -0.05) is 6.07 Å². The second-order valence-electron chi connectivity index (χ2n) is 7.01. The average molecular weight is 330 g/mol. The smallest absolute Gasteiger partial charge is 0.260 e. The normalized spacial score (nSPS) is 23.7. The van der Waals surface area contributed by atoms with Crippen LogP contribution in [0.15, 0.2) is 24.3 Å². The summed E-state index contributed by atoms with van der Waals surface area (Å²) in [6.07, 6.45) is 5.23. The Kier molecular flexibility index (Phi) is 5.07. The van der Waals surface area contributed by atoms with Crippen LogP contribution in [-0.2, 0) is 9.59 Å². The predicted molar refractivity (Wildman–Crippen MR) is 92.9 cm³/mol. The van der Waals surface area contributed by atoms with Crippen LogP contribution in [0.3, 0.4) is 0 Å². The Balaban J connectivity index is 1.55. The van der Waals surface area contributed by atoms with Crippen molar-refractivity contribution >= 4 is 17.5 Å². The van der Waals surface area contributed by atoms with Crippen LogP contribution in [0.25, 0.3) is 0 Å². The van der Waals surface area contributed by atoms with E-state index in [1.165, 1.54) is 6.42 Å². The zero-order chi connectivity index (χ0) is 17.1. The number of carbonyl (C=O) groups excluding carboxylic acids is 2. The third-order valence-electron chi connectivity index (χ3n) is 4.89. The summed E-state index contributed by atoms with van der Waals surface area (Å²) in [5.74, 6) is 0.869. The number of nitrogens with one attached hydrogen (secondary N) is 1. The number of carbonyl (C=O) groups is 2. The van der Waals surface area contributed by atoms with Crippen molar-refractivity contribution in [2.24, 2.45) is 5.92 Å². The molecule has 2 aliphatic rings. The van der Waals surface area contributed by atoms with Gasteiger partial charge in [0.25, 0.3) is 5.91 Å². The summed E-state index contributed by atoms with van der Waals surface area (Å²) in [7, 11) is 0. The first kappa shape index (κ1) is 16.8. The van der Waals surface area contributed by atoms with E-state index in [1.807, 2.05) is 23.1 Å². The first-order valence-corrected chi connectivity index (χ1v) is 8.89. The van der Waals surface area contributed by atoms with Gasteiger partial charge in [-0.15, -0.1) is 0 Å². The van der Waals surface area contributed by atoms with E-state index in [1.54, 1.807) is 6.07 Å². The first-order valence-electron chi connectivity index (χ1n) is 8.89. The molecule has 1 aliphatic carbocycles. The maximum absolute atomic E-state index is 12.5. The van der Waals surface area contributed by atoms with E-state index in [0.29, 0.717) is 5.75 Å². The SMILES string of the molecule is C[C@@H]1CCC[C@@H](C)N1C(=O)COc1cccc(NC(=O)C2CC2)c1. The van der Waals surface area contributed by atoms with Crippen molar-refractivity contribution in [1.82, 2.24) is 4.90 Å². The Morgan fingerprint density at radius 3 is 2.54 bits per heavy atom. The van der Waals surface area contributed by atoms with Gasteiger partial charge in [-0.05, 0) is 58.1 Å². The maximum Gasteiger partial charge on any atom is 0.260 e. The molecular weight excluding hydrogens is 304 g/mol. The highest BCUT2D eigenvalue weighted by Crippen LogP contribution is 2.30. The topological polar surface area (TPSA) is 58.6 Å². The van der Waals surface area contributed by atoms with Crippen molar-refractivity contribution in [3.63, 3.8) is 0 Å². The molecule has 0 radical (unpaired) electrons. The molecule has 1 saturated heterocycles. The lowest BCUT2D eigenvalue weighted by Crippen LogP contribution is -2.49. The minimum atomic E-state index is 0.0297. The molecule has 0 aromatic heterocycles. The number of amides is 2. The average Bonchev–Trinajstić information content (AvgIpc) is 3.38. The number of nitrogens with zero attached hydrogens (tertiary/aromatic N) is 1. The van der Waals surface area contributed by atoms with E-state index < -0.39 is 0 Å². The van der Waals surface area contributed by atoms with Gasteiger partial charge in [-0.2, -0.15) is 0 Å². The molecule has 1 aromatic carbocycles. The molecule has 5 nitrogen and oxygen atoms in total. The number of anilines is 1. The fraction of sp³-hybridized carbons (Fsp3) is 0.579. The van der Waals surface area contributed by atoms with Gasteiger partial charge < -0.3 is 15.0 Å².